The lowest BCUT2D eigenvalue weighted by Gasteiger charge is -2.18. The summed E-state index contributed by atoms with van der Waals surface area (Å²) in [6.45, 7) is 9.84. The first-order valence-electron chi connectivity index (χ1n) is 7.48. The molecule has 1 heterocycles. The average molecular weight is 287 g/mol. The van der Waals surface area contributed by atoms with E-state index in [4.69, 9.17) is 4.74 Å². The van der Waals surface area contributed by atoms with Gasteiger partial charge in [-0.1, -0.05) is 18.2 Å². The summed E-state index contributed by atoms with van der Waals surface area (Å²) < 4.78 is 7.64. The molecule has 0 radical (unpaired) electrons. The second-order valence-corrected chi connectivity index (χ2v) is 5.35. The van der Waals surface area contributed by atoms with Crippen molar-refractivity contribution in [2.45, 2.75) is 40.3 Å². The van der Waals surface area contributed by atoms with Crippen LogP contribution >= 0.6 is 0 Å². The van der Waals surface area contributed by atoms with Gasteiger partial charge in [-0.2, -0.15) is 5.10 Å². The van der Waals surface area contributed by atoms with E-state index in [1.165, 1.54) is 16.8 Å². The van der Waals surface area contributed by atoms with Gasteiger partial charge in [0.25, 0.3) is 0 Å². The molecule has 0 aliphatic rings. The van der Waals surface area contributed by atoms with Crippen LogP contribution in [-0.4, -0.2) is 16.4 Å². The number of hydrogen-bond donors (Lipinski definition) is 1. The van der Waals surface area contributed by atoms with Gasteiger partial charge in [-0.25, -0.2) is 0 Å². The second kappa shape index (κ2) is 6.76. The van der Waals surface area contributed by atoms with E-state index in [0.717, 1.165) is 18.0 Å². The summed E-state index contributed by atoms with van der Waals surface area (Å²) in [6.07, 6.45) is 0. The fourth-order valence-electron chi connectivity index (χ4n) is 2.56. The lowest BCUT2D eigenvalue weighted by atomic mass is 10.1. The number of hydrogen-bond acceptors (Lipinski definition) is 3. The van der Waals surface area contributed by atoms with Crippen LogP contribution in [0.1, 0.15) is 42.4 Å². The average Bonchev–Trinajstić information content (AvgIpc) is 2.71. The maximum atomic E-state index is 5.71. The lowest BCUT2D eigenvalue weighted by molar-refractivity contribution is 0.332. The molecule has 0 amide bonds. The van der Waals surface area contributed by atoms with E-state index in [9.17, 15) is 0 Å². The number of nitrogens with one attached hydrogen (secondary N) is 1. The number of rotatable bonds is 6. The number of benzene rings is 1. The highest BCUT2D eigenvalue weighted by Gasteiger charge is 2.13. The fourth-order valence-corrected chi connectivity index (χ4v) is 2.56. The van der Waals surface area contributed by atoms with E-state index >= 15 is 0 Å². The van der Waals surface area contributed by atoms with Gasteiger partial charge in [0.2, 0.25) is 0 Å². The molecule has 1 aromatic heterocycles. The van der Waals surface area contributed by atoms with E-state index in [1.807, 2.05) is 30.8 Å². The van der Waals surface area contributed by atoms with E-state index in [1.54, 1.807) is 0 Å². The monoisotopic (exact) mass is 287 g/mol. The molecule has 1 aromatic carbocycles. The minimum atomic E-state index is 0.228. The van der Waals surface area contributed by atoms with Gasteiger partial charge in [0.05, 0.1) is 12.3 Å². The molecule has 4 heteroatoms. The zero-order chi connectivity index (χ0) is 15.4. The summed E-state index contributed by atoms with van der Waals surface area (Å²) >= 11 is 0. The third kappa shape index (κ3) is 3.45. The molecule has 0 saturated heterocycles. The fraction of sp³-hybridized carbons (Fsp3) is 0.471. The molecule has 0 aliphatic carbocycles. The largest absolute Gasteiger partial charge is 0.494 e. The Labute approximate surface area is 127 Å². The lowest BCUT2D eigenvalue weighted by Crippen LogP contribution is -2.19. The summed E-state index contributed by atoms with van der Waals surface area (Å²) in [5.41, 5.74) is 4.77. The first-order chi connectivity index (χ1) is 10.0. The van der Waals surface area contributed by atoms with Crippen LogP contribution in [0, 0.1) is 13.8 Å². The molecule has 0 aliphatic heterocycles. The molecule has 1 unspecified atom stereocenters. The minimum Gasteiger partial charge on any atom is -0.494 e. The molecule has 2 aromatic rings. The zero-order valence-electron chi connectivity index (χ0n) is 13.6. The standard InChI is InChI=1S/C17H25N3O/c1-6-21-17-10-8-7-9-15(17)12(2)18-11-16-13(3)19-20(5)14(16)4/h7-10,12,18H,6,11H2,1-5H3. The number of aromatic nitrogens is 2. The zero-order valence-corrected chi connectivity index (χ0v) is 13.6. The first kappa shape index (κ1) is 15.6. The Morgan fingerprint density at radius 2 is 2.00 bits per heavy atom. The van der Waals surface area contributed by atoms with Crippen molar-refractivity contribution in [2.24, 2.45) is 7.05 Å². The van der Waals surface area contributed by atoms with Gasteiger partial charge in [-0.15, -0.1) is 0 Å². The summed E-state index contributed by atoms with van der Waals surface area (Å²) in [6, 6.07) is 8.43. The van der Waals surface area contributed by atoms with Gasteiger partial charge in [0, 0.05) is 36.5 Å². The summed E-state index contributed by atoms with van der Waals surface area (Å²) in [4.78, 5) is 0. The molecule has 0 bridgehead atoms. The normalized spacial score (nSPS) is 12.4. The molecule has 0 spiro atoms. The minimum absolute atomic E-state index is 0.228. The molecular formula is C17H25N3O. The molecule has 1 N–H and O–H groups in total. The van der Waals surface area contributed by atoms with Crippen LogP contribution in [0.25, 0.3) is 0 Å². The second-order valence-electron chi connectivity index (χ2n) is 5.35. The highest BCUT2D eigenvalue weighted by Crippen LogP contribution is 2.25. The summed E-state index contributed by atoms with van der Waals surface area (Å²) in [5, 5.41) is 8.04. The Bertz CT molecular complexity index is 604. The molecule has 2 rings (SSSR count). The van der Waals surface area contributed by atoms with Crippen LogP contribution in [0.4, 0.5) is 0 Å². The van der Waals surface area contributed by atoms with Gasteiger partial charge in [-0.3, -0.25) is 4.68 Å². The van der Waals surface area contributed by atoms with Crippen molar-refractivity contribution in [3.63, 3.8) is 0 Å². The molecule has 0 fully saturated rings. The Balaban J connectivity index is 2.10. The summed E-state index contributed by atoms with van der Waals surface area (Å²) in [7, 11) is 1.99. The van der Waals surface area contributed by atoms with E-state index in [0.29, 0.717) is 6.61 Å². The third-order valence-corrected chi connectivity index (χ3v) is 3.93. The van der Waals surface area contributed by atoms with Crippen molar-refractivity contribution >= 4 is 0 Å². The summed E-state index contributed by atoms with van der Waals surface area (Å²) in [5.74, 6) is 0.958. The van der Waals surface area contributed by atoms with Crippen molar-refractivity contribution in [3.8, 4) is 5.75 Å². The Morgan fingerprint density at radius 1 is 1.29 bits per heavy atom. The molecule has 0 saturated carbocycles. The van der Waals surface area contributed by atoms with Crippen LogP contribution in [0.5, 0.6) is 5.75 Å². The van der Waals surface area contributed by atoms with Crippen LogP contribution in [0.3, 0.4) is 0 Å². The van der Waals surface area contributed by atoms with Gasteiger partial charge < -0.3 is 10.1 Å². The van der Waals surface area contributed by atoms with Crippen molar-refractivity contribution < 1.29 is 4.74 Å². The van der Waals surface area contributed by atoms with Crippen molar-refractivity contribution in [1.29, 1.82) is 0 Å². The Morgan fingerprint density at radius 3 is 2.62 bits per heavy atom. The highest BCUT2D eigenvalue weighted by molar-refractivity contribution is 5.36. The molecule has 114 valence electrons. The Hall–Kier alpha value is -1.81. The predicted octanol–water partition coefficient (Wildman–Crippen LogP) is 3.29. The first-order valence-corrected chi connectivity index (χ1v) is 7.48. The third-order valence-electron chi connectivity index (χ3n) is 3.93. The topological polar surface area (TPSA) is 39.1 Å². The van der Waals surface area contributed by atoms with Gasteiger partial charge in [-0.05, 0) is 33.8 Å². The molecule has 1 atom stereocenters. The van der Waals surface area contributed by atoms with Gasteiger partial charge in [0.1, 0.15) is 5.75 Å². The predicted molar refractivity (Wildman–Crippen MR) is 85.5 cm³/mol. The number of ether oxygens (including phenoxy) is 1. The SMILES string of the molecule is CCOc1ccccc1C(C)NCc1c(C)nn(C)c1C. The maximum Gasteiger partial charge on any atom is 0.124 e. The Kier molecular flexibility index (Phi) is 5.02. The van der Waals surface area contributed by atoms with Crippen LogP contribution in [0.2, 0.25) is 0 Å². The smallest absolute Gasteiger partial charge is 0.124 e. The van der Waals surface area contributed by atoms with Gasteiger partial charge >= 0.3 is 0 Å². The number of para-hydroxylation sites is 1. The quantitative estimate of drug-likeness (QED) is 0.886. The van der Waals surface area contributed by atoms with Crippen LogP contribution < -0.4 is 10.1 Å². The van der Waals surface area contributed by atoms with Crippen molar-refractivity contribution in [2.75, 3.05) is 6.61 Å². The van der Waals surface area contributed by atoms with Gasteiger partial charge in [0.15, 0.2) is 0 Å². The van der Waals surface area contributed by atoms with E-state index in [-0.39, 0.29) is 6.04 Å². The van der Waals surface area contributed by atoms with Crippen LogP contribution in [-0.2, 0) is 13.6 Å². The molecular weight excluding hydrogens is 262 g/mol. The molecule has 21 heavy (non-hydrogen) atoms. The van der Waals surface area contributed by atoms with Crippen molar-refractivity contribution in [3.05, 3.63) is 46.8 Å². The molecule has 4 nitrogen and oxygen atoms in total. The van der Waals surface area contributed by atoms with E-state index in [2.05, 4.69) is 43.3 Å². The number of nitrogens with zero attached hydrogens (tertiary/aromatic N) is 2. The van der Waals surface area contributed by atoms with Crippen LogP contribution in [0.15, 0.2) is 24.3 Å². The highest BCUT2D eigenvalue weighted by atomic mass is 16.5. The maximum absolute atomic E-state index is 5.71. The van der Waals surface area contributed by atoms with E-state index < -0.39 is 0 Å². The number of aryl methyl sites for hydroxylation is 2. The van der Waals surface area contributed by atoms with Crippen molar-refractivity contribution in [1.82, 2.24) is 15.1 Å².